The van der Waals surface area contributed by atoms with Crippen molar-refractivity contribution in [2.75, 3.05) is 13.6 Å². The predicted octanol–water partition coefficient (Wildman–Crippen LogP) is 2.13. The lowest BCUT2D eigenvalue weighted by Gasteiger charge is -2.19. The molecular formula is C25H26FN3O6. The van der Waals surface area contributed by atoms with Crippen molar-refractivity contribution in [2.45, 2.75) is 31.1 Å². The van der Waals surface area contributed by atoms with Gasteiger partial charge in [0.05, 0.1) is 5.69 Å². The van der Waals surface area contributed by atoms with Gasteiger partial charge in [-0.3, -0.25) is 0 Å². The summed E-state index contributed by atoms with van der Waals surface area (Å²) < 4.78 is 15.4. The van der Waals surface area contributed by atoms with Crippen molar-refractivity contribution >= 4 is 11.9 Å². The van der Waals surface area contributed by atoms with Gasteiger partial charge >= 0.3 is 11.9 Å². The molecule has 0 amide bonds. The molecule has 3 aromatic rings. The molecule has 0 spiro atoms. The first kappa shape index (κ1) is 25.9. The number of benzene rings is 2. The minimum Gasteiger partial charge on any atom is -0.479 e. The zero-order chi connectivity index (χ0) is 25.5. The van der Waals surface area contributed by atoms with Crippen LogP contribution in [0.15, 0.2) is 60.8 Å². The van der Waals surface area contributed by atoms with Gasteiger partial charge < -0.3 is 25.3 Å². The summed E-state index contributed by atoms with van der Waals surface area (Å²) in [5.74, 6) is -3.50. The second kappa shape index (κ2) is 11.6. The van der Waals surface area contributed by atoms with E-state index in [0.717, 1.165) is 24.1 Å². The molecule has 3 atom stereocenters. The Labute approximate surface area is 201 Å². The Morgan fingerprint density at radius 1 is 1.00 bits per heavy atom. The number of nitrogens with zero attached hydrogens (tertiary/aromatic N) is 3. The largest absolute Gasteiger partial charge is 0.479 e. The van der Waals surface area contributed by atoms with E-state index in [1.165, 1.54) is 5.56 Å². The van der Waals surface area contributed by atoms with Crippen LogP contribution < -0.4 is 0 Å². The number of halogens is 1. The fourth-order valence-electron chi connectivity index (χ4n) is 3.92. The normalized spacial score (nSPS) is 17.2. The lowest BCUT2D eigenvalue weighted by molar-refractivity contribution is -0.165. The maximum Gasteiger partial charge on any atom is 0.335 e. The number of aliphatic hydroxyl groups is 2. The summed E-state index contributed by atoms with van der Waals surface area (Å²) >= 11 is 0. The average molecular weight is 483 g/mol. The topological polar surface area (TPSA) is 144 Å². The van der Waals surface area contributed by atoms with Crippen molar-refractivity contribution in [3.8, 4) is 11.3 Å². The van der Waals surface area contributed by atoms with Crippen LogP contribution in [-0.4, -0.2) is 73.3 Å². The second-order valence-corrected chi connectivity index (χ2v) is 8.16. The fourth-order valence-corrected chi connectivity index (χ4v) is 3.92. The molecule has 35 heavy (non-hydrogen) atoms. The van der Waals surface area contributed by atoms with E-state index in [4.69, 9.17) is 20.4 Å². The summed E-state index contributed by atoms with van der Waals surface area (Å²) in [5.41, 5.74) is 4.20. The molecule has 10 heteroatoms. The number of hydrogen-bond donors (Lipinski definition) is 4. The van der Waals surface area contributed by atoms with Gasteiger partial charge in [0, 0.05) is 29.8 Å². The van der Waals surface area contributed by atoms with Crippen LogP contribution in [0.3, 0.4) is 0 Å². The summed E-state index contributed by atoms with van der Waals surface area (Å²) in [5, 5.41) is 40.5. The first-order chi connectivity index (χ1) is 16.7. The van der Waals surface area contributed by atoms with Crippen LogP contribution in [0.5, 0.6) is 0 Å². The smallest absolute Gasteiger partial charge is 0.335 e. The highest BCUT2D eigenvalue weighted by Crippen LogP contribution is 2.37. The van der Waals surface area contributed by atoms with Crippen LogP contribution in [0, 0.1) is 5.82 Å². The molecular weight excluding hydrogens is 457 g/mol. The minimum atomic E-state index is -2.27. The molecule has 0 saturated heterocycles. The maximum atomic E-state index is 15.4. The lowest BCUT2D eigenvalue weighted by atomic mass is 9.85. The number of aromatic nitrogens is 2. The molecule has 184 valence electrons. The van der Waals surface area contributed by atoms with Crippen LogP contribution in [0.4, 0.5) is 4.39 Å². The van der Waals surface area contributed by atoms with E-state index in [2.05, 4.69) is 33.3 Å². The number of rotatable bonds is 5. The van der Waals surface area contributed by atoms with Gasteiger partial charge in [-0.05, 0) is 49.3 Å². The quantitative estimate of drug-likeness (QED) is 0.429. The minimum absolute atomic E-state index is 0.173. The van der Waals surface area contributed by atoms with E-state index in [1.54, 1.807) is 18.3 Å². The summed E-state index contributed by atoms with van der Waals surface area (Å²) in [6, 6.07) is 17.9. The zero-order valence-electron chi connectivity index (χ0n) is 19.0. The SMILES string of the molecule is CN1CCC(c2ccccc2)c2ccc(-c3cccnn3)c(F)c2C1.O=C(O)[C@H](O)[C@@H](O)C(=O)O. The molecule has 2 aromatic carbocycles. The molecule has 0 radical (unpaired) electrons. The maximum absolute atomic E-state index is 15.4. The number of carboxylic acids is 2. The average Bonchev–Trinajstić information content (AvgIpc) is 3.03. The van der Waals surface area contributed by atoms with Gasteiger partial charge in [-0.15, -0.1) is 0 Å². The molecule has 1 unspecified atom stereocenters. The molecule has 0 aliphatic carbocycles. The van der Waals surface area contributed by atoms with Crippen molar-refractivity contribution < 1.29 is 34.4 Å². The highest BCUT2D eigenvalue weighted by molar-refractivity contribution is 5.83. The van der Waals surface area contributed by atoms with Crippen LogP contribution >= 0.6 is 0 Å². The van der Waals surface area contributed by atoms with E-state index < -0.39 is 24.1 Å². The Balaban J connectivity index is 0.000000292. The van der Waals surface area contributed by atoms with Crippen LogP contribution in [-0.2, 0) is 16.1 Å². The summed E-state index contributed by atoms with van der Waals surface area (Å²) in [4.78, 5) is 21.7. The monoisotopic (exact) mass is 483 g/mol. The van der Waals surface area contributed by atoms with E-state index in [-0.39, 0.29) is 11.7 Å². The summed E-state index contributed by atoms with van der Waals surface area (Å²) in [6.45, 7) is 1.55. The standard InChI is InChI=1S/C21H20FN3.C4H6O6/c1-25-13-11-16(15-6-3-2-4-7-15)17-9-10-18(21(22)19(17)14-25)20-8-5-12-23-24-20;5-1(3(7)8)2(6)4(9)10/h2-10,12,16H,11,13-14H2,1H3;1-2,5-6H,(H,7,8)(H,9,10)/t;1-,2-/m.1/s1. The second-order valence-electron chi connectivity index (χ2n) is 8.16. The van der Waals surface area contributed by atoms with Gasteiger partial charge in [-0.1, -0.05) is 36.4 Å². The van der Waals surface area contributed by atoms with Gasteiger partial charge in [0.25, 0.3) is 0 Å². The Hall–Kier alpha value is -3.73. The van der Waals surface area contributed by atoms with E-state index in [0.29, 0.717) is 17.8 Å². The highest BCUT2D eigenvalue weighted by Gasteiger charge is 2.29. The van der Waals surface area contributed by atoms with E-state index in [9.17, 15) is 9.59 Å². The highest BCUT2D eigenvalue weighted by atomic mass is 19.1. The molecule has 4 N–H and O–H groups in total. The van der Waals surface area contributed by atoms with Gasteiger partial charge in [0.2, 0.25) is 0 Å². The molecule has 1 aliphatic rings. The summed E-state index contributed by atoms with van der Waals surface area (Å²) in [6.07, 6.45) is -1.95. The van der Waals surface area contributed by atoms with E-state index in [1.807, 2.05) is 31.3 Å². The lowest BCUT2D eigenvalue weighted by Crippen LogP contribution is -2.39. The van der Waals surface area contributed by atoms with E-state index >= 15 is 4.39 Å². The third-order valence-corrected chi connectivity index (χ3v) is 5.74. The van der Waals surface area contributed by atoms with Gasteiger partial charge in [0.1, 0.15) is 5.82 Å². The number of fused-ring (bicyclic) bond motifs is 1. The fraction of sp³-hybridized carbons (Fsp3) is 0.280. The molecule has 1 aromatic heterocycles. The molecule has 0 fully saturated rings. The van der Waals surface area contributed by atoms with Gasteiger partial charge in [0.15, 0.2) is 12.2 Å². The zero-order valence-corrected chi connectivity index (χ0v) is 19.0. The number of carboxylic acid groups (broad SMARTS) is 2. The van der Waals surface area contributed by atoms with Crippen molar-refractivity contribution in [3.05, 3.63) is 83.3 Å². The third-order valence-electron chi connectivity index (χ3n) is 5.74. The van der Waals surface area contributed by atoms with Crippen molar-refractivity contribution in [1.82, 2.24) is 15.1 Å². The molecule has 0 bridgehead atoms. The molecule has 4 rings (SSSR count). The van der Waals surface area contributed by atoms with Crippen LogP contribution in [0.2, 0.25) is 0 Å². The number of aliphatic hydroxyl groups excluding tert-OH is 2. The Morgan fingerprint density at radius 2 is 1.66 bits per heavy atom. The van der Waals surface area contributed by atoms with Crippen molar-refractivity contribution in [1.29, 1.82) is 0 Å². The van der Waals surface area contributed by atoms with Crippen LogP contribution in [0.1, 0.15) is 29.0 Å². The van der Waals surface area contributed by atoms with Crippen LogP contribution in [0.25, 0.3) is 11.3 Å². The van der Waals surface area contributed by atoms with Crippen molar-refractivity contribution in [2.24, 2.45) is 0 Å². The van der Waals surface area contributed by atoms with Gasteiger partial charge in [-0.25, -0.2) is 14.0 Å². The first-order valence-corrected chi connectivity index (χ1v) is 10.8. The Morgan fingerprint density at radius 3 is 2.23 bits per heavy atom. The first-order valence-electron chi connectivity index (χ1n) is 10.8. The predicted molar refractivity (Wildman–Crippen MR) is 124 cm³/mol. The van der Waals surface area contributed by atoms with Gasteiger partial charge in [-0.2, -0.15) is 10.2 Å². The molecule has 2 heterocycles. The molecule has 1 aliphatic heterocycles. The number of hydrogen-bond acceptors (Lipinski definition) is 7. The Bertz CT molecular complexity index is 1140. The summed E-state index contributed by atoms with van der Waals surface area (Å²) in [7, 11) is 2.05. The number of carbonyl (C=O) groups is 2. The third kappa shape index (κ3) is 6.24. The number of aliphatic carboxylic acids is 2. The molecule has 0 saturated carbocycles. The Kier molecular flexibility index (Phi) is 8.58. The van der Waals surface area contributed by atoms with Crippen molar-refractivity contribution in [3.63, 3.8) is 0 Å². The molecule has 9 nitrogen and oxygen atoms in total.